The van der Waals surface area contributed by atoms with Gasteiger partial charge in [-0.25, -0.2) is 0 Å². The molecule has 0 saturated heterocycles. The van der Waals surface area contributed by atoms with Crippen molar-refractivity contribution >= 4 is 35.7 Å². The fraction of sp³-hybridized carbons (Fsp3) is 0.345. The van der Waals surface area contributed by atoms with Crippen LogP contribution in [0.2, 0.25) is 5.02 Å². The molecule has 0 fully saturated rings. The Labute approximate surface area is 232 Å². The first-order valence-corrected chi connectivity index (χ1v) is 13.2. The molecule has 1 aromatic heterocycles. The topological polar surface area (TPSA) is 142 Å². The second-order valence-corrected chi connectivity index (χ2v) is 9.61. The van der Waals surface area contributed by atoms with Crippen molar-refractivity contribution in [3.8, 4) is 22.4 Å². The van der Waals surface area contributed by atoms with Gasteiger partial charge in [0.2, 0.25) is 11.8 Å². The van der Waals surface area contributed by atoms with E-state index in [1.807, 2.05) is 48.5 Å². The minimum atomic E-state index is -0.815. The Balaban J connectivity index is 1.57. The molecule has 0 aliphatic rings. The highest BCUT2D eigenvalue weighted by Gasteiger charge is 2.25. The average molecular weight is 554 g/mol. The number of carbonyl (C=O) groups excluding carboxylic acids is 4. The van der Waals surface area contributed by atoms with Crippen LogP contribution in [0.3, 0.4) is 0 Å². The molecule has 0 unspecified atom stereocenters. The second-order valence-electron chi connectivity index (χ2n) is 9.17. The highest BCUT2D eigenvalue weighted by Crippen LogP contribution is 2.26. The van der Waals surface area contributed by atoms with Gasteiger partial charge in [-0.1, -0.05) is 60.1 Å². The summed E-state index contributed by atoms with van der Waals surface area (Å²) in [4.78, 5) is 47.4. The quantitative estimate of drug-likeness (QED) is 0.196. The number of ether oxygens (including phenoxy) is 1. The largest absolute Gasteiger partial charge is 0.468 e. The molecule has 2 atom stereocenters. The Bertz CT molecular complexity index is 1270. The lowest BCUT2D eigenvalue weighted by Crippen LogP contribution is -2.42. The van der Waals surface area contributed by atoms with E-state index in [1.165, 1.54) is 0 Å². The molecule has 0 aliphatic heterocycles. The van der Waals surface area contributed by atoms with Gasteiger partial charge in [-0.05, 0) is 42.5 Å². The van der Waals surface area contributed by atoms with Gasteiger partial charge in [0.25, 0.3) is 6.47 Å². The summed E-state index contributed by atoms with van der Waals surface area (Å²) < 4.78 is 10.1. The molecule has 2 amide bonds. The highest BCUT2D eigenvalue weighted by atomic mass is 35.5. The summed E-state index contributed by atoms with van der Waals surface area (Å²) in [5.74, 6) is -1.26. The smallest absolute Gasteiger partial charge is 0.293 e. The first-order valence-electron chi connectivity index (χ1n) is 12.8. The molecule has 10 heteroatoms. The number of nitrogens with zero attached hydrogens (tertiary/aromatic N) is 1. The Morgan fingerprint density at radius 3 is 2.51 bits per heavy atom. The van der Waals surface area contributed by atoms with Gasteiger partial charge in [0.1, 0.15) is 11.5 Å². The first kappa shape index (κ1) is 29.6. The number of nitrogens with one attached hydrogen (secondary N) is 1. The molecule has 0 aliphatic carbocycles. The number of hydrogen-bond donors (Lipinski definition) is 2. The monoisotopic (exact) mass is 553 g/mol. The van der Waals surface area contributed by atoms with Gasteiger partial charge < -0.3 is 20.3 Å². The number of Topliss-reactive ketones (excluding diaryl/α,β-unsaturated/α-hetero) is 1. The van der Waals surface area contributed by atoms with Crippen LogP contribution in [-0.2, 0) is 30.3 Å². The zero-order chi connectivity index (χ0) is 28.2. The van der Waals surface area contributed by atoms with Crippen LogP contribution in [0.5, 0.6) is 0 Å². The number of ketones is 1. The van der Waals surface area contributed by atoms with Gasteiger partial charge in [-0.2, -0.15) is 0 Å². The summed E-state index contributed by atoms with van der Waals surface area (Å²) in [6.45, 7) is 2.22. The maximum atomic E-state index is 12.8. The molecule has 39 heavy (non-hydrogen) atoms. The lowest BCUT2D eigenvalue weighted by atomic mass is 9.93. The van der Waals surface area contributed by atoms with E-state index in [9.17, 15) is 19.2 Å². The molecule has 9 nitrogen and oxygen atoms in total. The van der Waals surface area contributed by atoms with Crippen molar-refractivity contribution in [2.45, 2.75) is 51.5 Å². The highest BCUT2D eigenvalue weighted by molar-refractivity contribution is 6.30. The SMILES string of the molecule is CC[C@H](CC(=O)[C@H](CCCOC=O)NC(=O)CCc1cc(-c2ccc(-c3cccc(Cl)c3)cc2)no1)C(N)=O. The van der Waals surface area contributed by atoms with E-state index in [-0.39, 0.29) is 44.0 Å². The van der Waals surface area contributed by atoms with E-state index in [1.54, 1.807) is 13.0 Å². The number of rotatable bonds is 16. The minimum Gasteiger partial charge on any atom is -0.468 e. The van der Waals surface area contributed by atoms with Crippen LogP contribution in [-0.4, -0.2) is 41.9 Å². The van der Waals surface area contributed by atoms with Crippen molar-refractivity contribution < 1.29 is 28.4 Å². The predicted octanol–water partition coefficient (Wildman–Crippen LogP) is 4.50. The van der Waals surface area contributed by atoms with Crippen molar-refractivity contribution in [1.29, 1.82) is 0 Å². The zero-order valence-corrected chi connectivity index (χ0v) is 22.5. The van der Waals surface area contributed by atoms with Crippen molar-refractivity contribution in [2.75, 3.05) is 6.61 Å². The molecule has 3 N–H and O–H groups in total. The lowest BCUT2D eigenvalue weighted by Gasteiger charge is -2.19. The van der Waals surface area contributed by atoms with Crippen LogP contribution < -0.4 is 11.1 Å². The van der Waals surface area contributed by atoms with Crippen molar-refractivity contribution in [3.63, 3.8) is 0 Å². The Kier molecular flexibility index (Phi) is 11.2. The number of benzene rings is 2. The van der Waals surface area contributed by atoms with Gasteiger partial charge in [0, 0.05) is 41.8 Å². The number of primary amides is 1. The molecule has 0 bridgehead atoms. The third-order valence-corrected chi connectivity index (χ3v) is 6.62. The van der Waals surface area contributed by atoms with Crippen LogP contribution >= 0.6 is 11.6 Å². The number of amides is 2. The van der Waals surface area contributed by atoms with Crippen LogP contribution in [0.15, 0.2) is 59.1 Å². The van der Waals surface area contributed by atoms with E-state index in [0.29, 0.717) is 35.8 Å². The molecule has 1 heterocycles. The minimum absolute atomic E-state index is 0.0626. The summed E-state index contributed by atoms with van der Waals surface area (Å²) in [5, 5.41) is 7.53. The van der Waals surface area contributed by atoms with E-state index in [2.05, 4.69) is 15.2 Å². The molecule has 206 valence electrons. The number of halogens is 1. The molecule has 3 rings (SSSR count). The van der Waals surface area contributed by atoms with Gasteiger partial charge >= 0.3 is 0 Å². The second kappa shape index (κ2) is 14.8. The van der Waals surface area contributed by atoms with Gasteiger partial charge in [0.05, 0.1) is 12.6 Å². The molecule has 0 saturated carbocycles. The predicted molar refractivity (Wildman–Crippen MR) is 146 cm³/mol. The fourth-order valence-corrected chi connectivity index (χ4v) is 4.33. The van der Waals surface area contributed by atoms with Gasteiger partial charge in [-0.15, -0.1) is 0 Å². The lowest BCUT2D eigenvalue weighted by molar-refractivity contribution is -0.131. The van der Waals surface area contributed by atoms with E-state index in [0.717, 1.165) is 16.7 Å². The molecule has 0 radical (unpaired) electrons. The van der Waals surface area contributed by atoms with Crippen LogP contribution in [0, 0.1) is 5.92 Å². The average Bonchev–Trinajstić information content (AvgIpc) is 3.41. The molecular formula is C29H32ClN3O6. The summed E-state index contributed by atoms with van der Waals surface area (Å²) in [6.07, 6.45) is 1.37. The Morgan fingerprint density at radius 1 is 1.10 bits per heavy atom. The maximum absolute atomic E-state index is 12.8. The van der Waals surface area contributed by atoms with E-state index < -0.39 is 17.9 Å². The number of nitrogens with two attached hydrogens (primary N) is 1. The molecule has 2 aromatic carbocycles. The number of hydrogen-bond acceptors (Lipinski definition) is 7. The number of aromatic nitrogens is 1. The number of aryl methyl sites for hydroxylation is 1. The molecular weight excluding hydrogens is 522 g/mol. The normalized spacial score (nSPS) is 12.4. The summed E-state index contributed by atoms with van der Waals surface area (Å²) in [6, 6.07) is 16.4. The Hall–Kier alpha value is -3.98. The third-order valence-electron chi connectivity index (χ3n) is 6.39. The van der Waals surface area contributed by atoms with Crippen LogP contribution in [0.1, 0.15) is 44.8 Å². The standard InChI is InChI=1S/C29H32ClN3O6/c1-2-19(29(31)37)16-27(35)25(7-4-14-38-18-34)32-28(36)13-12-24-17-26(33-39-24)21-10-8-20(9-11-21)22-5-3-6-23(30)15-22/h3,5-6,8-11,15,17-19,25H,2,4,7,12-14,16H2,1H3,(H2,31,37)(H,32,36)/t19-,25+/m1/s1. The van der Waals surface area contributed by atoms with Gasteiger partial charge in [-0.3, -0.25) is 19.2 Å². The van der Waals surface area contributed by atoms with Crippen LogP contribution in [0.4, 0.5) is 0 Å². The van der Waals surface area contributed by atoms with Crippen molar-refractivity contribution in [2.24, 2.45) is 11.7 Å². The summed E-state index contributed by atoms with van der Waals surface area (Å²) in [7, 11) is 0. The zero-order valence-electron chi connectivity index (χ0n) is 21.7. The Morgan fingerprint density at radius 2 is 1.85 bits per heavy atom. The number of carbonyl (C=O) groups is 4. The fourth-order valence-electron chi connectivity index (χ4n) is 4.14. The third kappa shape index (κ3) is 9.07. The first-order chi connectivity index (χ1) is 18.8. The molecule has 3 aromatic rings. The van der Waals surface area contributed by atoms with Gasteiger partial charge in [0.15, 0.2) is 5.78 Å². The maximum Gasteiger partial charge on any atom is 0.293 e. The van der Waals surface area contributed by atoms with Crippen LogP contribution in [0.25, 0.3) is 22.4 Å². The molecule has 0 spiro atoms. The summed E-state index contributed by atoms with van der Waals surface area (Å²) >= 11 is 6.09. The van der Waals surface area contributed by atoms with Crippen molar-refractivity contribution in [3.05, 3.63) is 65.4 Å². The summed E-state index contributed by atoms with van der Waals surface area (Å²) in [5.41, 5.74) is 8.91. The van der Waals surface area contributed by atoms with Crippen molar-refractivity contribution in [1.82, 2.24) is 10.5 Å². The van der Waals surface area contributed by atoms with E-state index in [4.69, 9.17) is 21.9 Å². The van der Waals surface area contributed by atoms with E-state index >= 15 is 0 Å².